The van der Waals surface area contributed by atoms with Crippen molar-refractivity contribution in [1.29, 1.82) is 0 Å². The van der Waals surface area contributed by atoms with Gasteiger partial charge in [0, 0.05) is 13.5 Å². The highest BCUT2D eigenvalue weighted by Crippen LogP contribution is 2.11. The van der Waals surface area contributed by atoms with E-state index in [1.807, 2.05) is 0 Å². The Morgan fingerprint density at radius 1 is 1.24 bits per heavy atom. The molecule has 0 aliphatic heterocycles. The number of nitrogens with one attached hydrogen (secondary N) is 1. The Balaban J connectivity index is 2.48. The number of carbonyl (C=O) groups excluding carboxylic acids is 1. The highest BCUT2D eigenvalue weighted by molar-refractivity contribution is 5.84. The fraction of sp³-hybridized carbons (Fsp3) is 0.429. The first-order valence-electron chi connectivity index (χ1n) is 6.39. The van der Waals surface area contributed by atoms with Crippen molar-refractivity contribution in [2.24, 2.45) is 0 Å². The van der Waals surface area contributed by atoms with Gasteiger partial charge in [0.1, 0.15) is 18.4 Å². The summed E-state index contributed by atoms with van der Waals surface area (Å²) in [6.45, 7) is 0.408. The van der Waals surface area contributed by atoms with Crippen LogP contribution in [-0.2, 0) is 25.5 Å². The zero-order valence-corrected chi connectivity index (χ0v) is 11.7. The number of ether oxygens (including phenoxy) is 2. The number of carboxylic acid groups (broad SMARTS) is 1. The van der Waals surface area contributed by atoms with Gasteiger partial charge in [0.05, 0.1) is 13.2 Å². The minimum atomic E-state index is -1.13. The Morgan fingerprint density at radius 2 is 1.90 bits per heavy atom. The molecule has 0 fully saturated rings. The van der Waals surface area contributed by atoms with E-state index in [-0.39, 0.29) is 25.4 Å². The Morgan fingerprint density at radius 3 is 2.48 bits per heavy atom. The van der Waals surface area contributed by atoms with E-state index in [2.05, 4.69) is 5.32 Å². The van der Waals surface area contributed by atoms with Gasteiger partial charge in [-0.05, 0) is 17.7 Å². The molecule has 0 aliphatic rings. The number of hydrogen-bond acceptors (Lipinski definition) is 5. The van der Waals surface area contributed by atoms with E-state index in [0.29, 0.717) is 12.2 Å². The molecule has 1 aromatic rings. The van der Waals surface area contributed by atoms with Crippen molar-refractivity contribution in [2.45, 2.75) is 12.5 Å². The van der Waals surface area contributed by atoms with Gasteiger partial charge in [-0.1, -0.05) is 12.1 Å². The van der Waals surface area contributed by atoms with Crippen LogP contribution in [0.5, 0.6) is 5.75 Å². The van der Waals surface area contributed by atoms with Gasteiger partial charge in [0.2, 0.25) is 5.91 Å². The van der Waals surface area contributed by atoms with Crippen molar-refractivity contribution in [2.75, 3.05) is 26.9 Å². The normalized spacial score (nSPS) is 11.9. The average Bonchev–Trinajstić information content (AvgIpc) is 2.45. The lowest BCUT2D eigenvalue weighted by Crippen LogP contribution is -2.44. The van der Waals surface area contributed by atoms with Gasteiger partial charge in [-0.15, -0.1) is 0 Å². The van der Waals surface area contributed by atoms with E-state index in [1.54, 1.807) is 12.1 Å². The van der Waals surface area contributed by atoms with Crippen molar-refractivity contribution in [1.82, 2.24) is 5.32 Å². The summed E-state index contributed by atoms with van der Waals surface area (Å²) in [7, 11) is 1.52. The van der Waals surface area contributed by atoms with Crippen LogP contribution in [-0.4, -0.2) is 55.1 Å². The maximum Gasteiger partial charge on any atom is 0.326 e. The summed E-state index contributed by atoms with van der Waals surface area (Å²) in [5, 5.41) is 20.7. The fourth-order valence-electron chi connectivity index (χ4n) is 1.61. The number of rotatable bonds is 9. The van der Waals surface area contributed by atoms with Crippen LogP contribution in [0.3, 0.4) is 0 Å². The average molecular weight is 297 g/mol. The number of phenols is 1. The van der Waals surface area contributed by atoms with Crippen molar-refractivity contribution in [3.8, 4) is 5.75 Å². The number of amides is 1. The zero-order valence-electron chi connectivity index (χ0n) is 11.7. The summed E-state index contributed by atoms with van der Waals surface area (Å²) in [4.78, 5) is 22.7. The van der Waals surface area contributed by atoms with E-state index in [1.165, 1.54) is 19.2 Å². The van der Waals surface area contributed by atoms with E-state index >= 15 is 0 Å². The summed E-state index contributed by atoms with van der Waals surface area (Å²) < 4.78 is 9.78. The number of aliphatic carboxylic acids is 1. The van der Waals surface area contributed by atoms with Crippen molar-refractivity contribution < 1.29 is 29.3 Å². The molecule has 1 aromatic carbocycles. The lowest BCUT2D eigenvalue weighted by atomic mass is 10.1. The summed E-state index contributed by atoms with van der Waals surface area (Å²) in [6.07, 6.45) is 0.124. The van der Waals surface area contributed by atoms with Gasteiger partial charge in [-0.2, -0.15) is 0 Å². The van der Waals surface area contributed by atoms with Crippen molar-refractivity contribution in [3.05, 3.63) is 29.8 Å². The molecule has 0 heterocycles. The topological polar surface area (TPSA) is 105 Å². The van der Waals surface area contributed by atoms with Crippen LogP contribution in [0.15, 0.2) is 24.3 Å². The van der Waals surface area contributed by atoms with Crippen molar-refractivity contribution in [3.63, 3.8) is 0 Å². The molecule has 0 saturated heterocycles. The molecule has 116 valence electrons. The van der Waals surface area contributed by atoms with E-state index in [4.69, 9.17) is 14.6 Å². The molecule has 0 spiro atoms. The number of phenolic OH excluding ortho intramolecular Hbond substituents is 1. The molecule has 21 heavy (non-hydrogen) atoms. The molecular weight excluding hydrogens is 278 g/mol. The van der Waals surface area contributed by atoms with E-state index in [9.17, 15) is 14.7 Å². The molecule has 7 heteroatoms. The molecule has 0 aromatic heterocycles. The summed E-state index contributed by atoms with van der Waals surface area (Å²) in [6, 6.07) is 5.08. The molecule has 0 unspecified atom stereocenters. The second-order valence-corrected chi connectivity index (χ2v) is 4.37. The third kappa shape index (κ3) is 6.73. The number of methoxy groups -OCH3 is 1. The maximum atomic E-state index is 11.6. The minimum Gasteiger partial charge on any atom is -0.508 e. The van der Waals surface area contributed by atoms with Crippen LogP contribution in [0.2, 0.25) is 0 Å². The number of aromatic hydroxyl groups is 1. The predicted octanol–water partition coefficient (Wildman–Crippen LogP) is 0.167. The van der Waals surface area contributed by atoms with Gasteiger partial charge >= 0.3 is 5.97 Å². The van der Waals surface area contributed by atoms with Gasteiger partial charge in [0.25, 0.3) is 0 Å². The van der Waals surface area contributed by atoms with Crippen LogP contribution in [0.1, 0.15) is 5.56 Å². The SMILES string of the molecule is COCCOCC(=O)N[C@@H](Cc1ccc(O)cc1)C(=O)O. The van der Waals surface area contributed by atoms with Crippen LogP contribution < -0.4 is 5.32 Å². The Bertz CT molecular complexity index is 459. The third-order valence-corrected chi connectivity index (χ3v) is 2.67. The first-order chi connectivity index (χ1) is 10.0. The third-order valence-electron chi connectivity index (χ3n) is 2.67. The highest BCUT2D eigenvalue weighted by atomic mass is 16.5. The lowest BCUT2D eigenvalue weighted by molar-refractivity contribution is -0.142. The monoisotopic (exact) mass is 297 g/mol. The molecular formula is C14H19NO6. The number of carboxylic acids is 1. The second kappa shape index (κ2) is 8.93. The van der Waals surface area contributed by atoms with Gasteiger partial charge in [-0.3, -0.25) is 4.79 Å². The first-order valence-corrected chi connectivity index (χ1v) is 6.39. The molecule has 1 atom stereocenters. The first kappa shape index (κ1) is 16.9. The number of carbonyl (C=O) groups is 2. The van der Waals surface area contributed by atoms with Crippen LogP contribution in [0, 0.1) is 0 Å². The molecule has 0 bridgehead atoms. The molecule has 0 saturated carbocycles. The number of benzene rings is 1. The van der Waals surface area contributed by atoms with Crippen LogP contribution in [0.4, 0.5) is 0 Å². The van der Waals surface area contributed by atoms with E-state index < -0.39 is 17.9 Å². The Hall–Kier alpha value is -2.12. The van der Waals surface area contributed by atoms with Crippen LogP contribution in [0.25, 0.3) is 0 Å². The Labute approximate surface area is 122 Å². The second-order valence-electron chi connectivity index (χ2n) is 4.37. The summed E-state index contributed by atoms with van der Waals surface area (Å²) in [5.41, 5.74) is 0.695. The minimum absolute atomic E-state index is 0.0983. The molecule has 7 nitrogen and oxygen atoms in total. The molecule has 0 aliphatic carbocycles. The summed E-state index contributed by atoms with van der Waals surface area (Å²) >= 11 is 0. The zero-order chi connectivity index (χ0) is 15.7. The largest absolute Gasteiger partial charge is 0.508 e. The molecule has 1 amide bonds. The smallest absolute Gasteiger partial charge is 0.326 e. The van der Waals surface area contributed by atoms with E-state index in [0.717, 1.165) is 0 Å². The van der Waals surface area contributed by atoms with Crippen LogP contribution >= 0.6 is 0 Å². The summed E-state index contributed by atoms with van der Waals surface area (Å²) in [5.74, 6) is -1.54. The van der Waals surface area contributed by atoms with Gasteiger partial charge in [-0.25, -0.2) is 4.79 Å². The number of hydrogen-bond donors (Lipinski definition) is 3. The van der Waals surface area contributed by atoms with Crippen molar-refractivity contribution >= 4 is 11.9 Å². The highest BCUT2D eigenvalue weighted by Gasteiger charge is 2.20. The molecule has 3 N–H and O–H groups in total. The predicted molar refractivity (Wildman–Crippen MR) is 74.1 cm³/mol. The van der Waals surface area contributed by atoms with Gasteiger partial charge < -0.3 is 25.0 Å². The molecule has 1 rings (SSSR count). The molecule has 0 radical (unpaired) electrons. The lowest BCUT2D eigenvalue weighted by Gasteiger charge is -2.14. The standard InChI is InChI=1S/C14H19NO6/c1-20-6-7-21-9-13(17)15-12(14(18)19)8-10-2-4-11(16)5-3-10/h2-5,12,16H,6-9H2,1H3,(H,15,17)(H,18,19)/t12-/m0/s1. The maximum absolute atomic E-state index is 11.6. The quantitative estimate of drug-likeness (QED) is 0.561. The fourth-order valence-corrected chi connectivity index (χ4v) is 1.61. The van der Waals surface area contributed by atoms with Gasteiger partial charge in [0.15, 0.2) is 0 Å². The Kier molecular flexibility index (Phi) is 7.20.